The summed E-state index contributed by atoms with van der Waals surface area (Å²) in [5.41, 5.74) is 0. The van der Waals surface area contributed by atoms with Crippen molar-refractivity contribution in [2.45, 2.75) is 0 Å². The molecule has 0 atom stereocenters. The van der Waals surface area contributed by atoms with Crippen LogP contribution in [-0.4, -0.2) is 5.48 Å². The molecule has 0 radical (unpaired) electrons. The molecule has 0 aromatic rings. The Morgan fingerprint density at radius 2 is 1.25 bits per heavy atom. The van der Waals surface area contributed by atoms with Gasteiger partial charge in [-0.3, -0.25) is 0 Å². The zero-order valence-corrected chi connectivity index (χ0v) is 8.40. The predicted octanol–water partition coefficient (Wildman–Crippen LogP) is -3.29. The van der Waals surface area contributed by atoms with Crippen LogP contribution < -0.4 is 29.6 Å². The molecule has 0 aliphatic heterocycles. The minimum Gasteiger partial charge on any atom is -1.00 e. The average Bonchev–Trinajstić information content (AvgIpc) is 0. The molecule has 4 heteroatoms. The van der Waals surface area contributed by atoms with E-state index < -0.39 is 0 Å². The fraction of sp³-hybridized carbons (Fsp3) is 0. The van der Waals surface area contributed by atoms with Crippen molar-refractivity contribution in [2.75, 3.05) is 0 Å². The molecule has 0 heterocycles. The third-order valence-corrected chi connectivity index (χ3v) is 0. The van der Waals surface area contributed by atoms with Gasteiger partial charge in [-0.25, -0.2) is 0 Å². The van der Waals surface area contributed by atoms with Crippen molar-refractivity contribution in [3.05, 3.63) is 0 Å². The summed E-state index contributed by atoms with van der Waals surface area (Å²) in [5, 5.41) is 0. The minimum absolute atomic E-state index is 0. The van der Waals surface area contributed by atoms with Gasteiger partial charge in [0, 0.05) is 19.5 Å². The summed E-state index contributed by atoms with van der Waals surface area (Å²) in [6.45, 7) is 0. The van der Waals surface area contributed by atoms with Gasteiger partial charge in [0.05, 0.1) is 0 Å². The van der Waals surface area contributed by atoms with Crippen molar-refractivity contribution < 1.29 is 55.9 Å². The van der Waals surface area contributed by atoms with Crippen LogP contribution in [0.5, 0.6) is 0 Å². The fourth-order valence-electron chi connectivity index (χ4n) is 0. The van der Waals surface area contributed by atoms with Crippen molar-refractivity contribution in [1.29, 1.82) is 0 Å². The molecular weight excluding hydrogens is 140 g/mol. The molecule has 0 fully saturated rings. The van der Waals surface area contributed by atoms with Gasteiger partial charge in [0.1, 0.15) is 0 Å². The molecule has 2 N–H and O–H groups in total. The summed E-state index contributed by atoms with van der Waals surface area (Å²) in [6.07, 6.45) is 0. The molecule has 0 aliphatic rings. The molecule has 0 saturated heterocycles. The summed E-state index contributed by atoms with van der Waals surface area (Å²) in [5.74, 6) is 0. The molecule has 0 aromatic carbocycles. The molecule has 0 spiro atoms. The largest absolute Gasteiger partial charge is 1.00 e. The monoisotopic (exact) mass is 142 g/mol. The molecular formula is H4ClNaOZn. The summed E-state index contributed by atoms with van der Waals surface area (Å²) >= 11 is 0. The van der Waals surface area contributed by atoms with E-state index in [9.17, 15) is 0 Å². The third-order valence-electron chi connectivity index (χ3n) is 0. The van der Waals surface area contributed by atoms with E-state index in [1.54, 1.807) is 0 Å². The van der Waals surface area contributed by atoms with E-state index in [1.165, 1.54) is 0 Å². The van der Waals surface area contributed by atoms with Crippen LogP contribution in [0, 0.1) is 0 Å². The Bertz CT molecular complexity index is 11.6. The van der Waals surface area contributed by atoms with E-state index in [0.29, 0.717) is 0 Å². The Kier molecular flexibility index (Phi) is 207. The smallest absolute Gasteiger partial charge is 1.00 e. The molecule has 0 rings (SSSR count). The number of halogens is 1. The SMILES string of the molecule is Cl.O.[H-].[Na+].[Zn]. The Labute approximate surface area is 67.8 Å². The van der Waals surface area contributed by atoms with E-state index in [0.717, 1.165) is 0 Å². The van der Waals surface area contributed by atoms with Gasteiger partial charge in [0.15, 0.2) is 0 Å². The van der Waals surface area contributed by atoms with E-state index >= 15 is 0 Å². The Morgan fingerprint density at radius 1 is 1.25 bits per heavy atom. The Hall–Kier alpha value is 1.87. The van der Waals surface area contributed by atoms with Crippen LogP contribution in [0.15, 0.2) is 0 Å². The van der Waals surface area contributed by atoms with Gasteiger partial charge in [-0.1, -0.05) is 0 Å². The second kappa shape index (κ2) is 20.8. The number of hydrogen-bond acceptors (Lipinski definition) is 0. The molecule has 1 nitrogen and oxygen atoms in total. The first-order chi connectivity index (χ1) is 0. The molecule has 0 bridgehead atoms. The van der Waals surface area contributed by atoms with Crippen LogP contribution in [0.4, 0.5) is 0 Å². The normalized spacial score (nSPS) is 0. The topological polar surface area (TPSA) is 31.5 Å². The van der Waals surface area contributed by atoms with Crippen LogP contribution in [0.2, 0.25) is 0 Å². The molecule has 0 saturated carbocycles. The van der Waals surface area contributed by atoms with Gasteiger partial charge in [0.25, 0.3) is 0 Å². The van der Waals surface area contributed by atoms with Crippen molar-refractivity contribution in [3.63, 3.8) is 0 Å². The van der Waals surface area contributed by atoms with Crippen LogP contribution in [0.1, 0.15) is 1.43 Å². The van der Waals surface area contributed by atoms with Crippen molar-refractivity contribution in [1.82, 2.24) is 0 Å². The zero-order valence-electron chi connectivity index (χ0n) is 3.62. The predicted molar refractivity (Wildman–Crippen MR) is 12.0 cm³/mol. The molecule has 0 aliphatic carbocycles. The van der Waals surface area contributed by atoms with Crippen molar-refractivity contribution >= 4 is 12.4 Å². The van der Waals surface area contributed by atoms with Crippen LogP contribution in [0.25, 0.3) is 0 Å². The van der Waals surface area contributed by atoms with Crippen molar-refractivity contribution in [2.24, 2.45) is 0 Å². The van der Waals surface area contributed by atoms with Crippen LogP contribution in [0.3, 0.4) is 0 Å². The molecule has 0 unspecified atom stereocenters. The number of hydrogen-bond donors (Lipinski definition) is 0. The van der Waals surface area contributed by atoms with E-state index in [4.69, 9.17) is 0 Å². The summed E-state index contributed by atoms with van der Waals surface area (Å²) in [6, 6.07) is 0. The van der Waals surface area contributed by atoms with Gasteiger partial charge in [0.2, 0.25) is 0 Å². The molecule has 0 amide bonds. The first-order valence-corrected chi connectivity index (χ1v) is 0. The molecule has 4 heavy (non-hydrogen) atoms. The van der Waals surface area contributed by atoms with Gasteiger partial charge >= 0.3 is 29.6 Å². The second-order valence-electron chi connectivity index (χ2n) is 0. The van der Waals surface area contributed by atoms with Gasteiger partial charge in [-0.15, -0.1) is 12.4 Å². The summed E-state index contributed by atoms with van der Waals surface area (Å²) in [7, 11) is 0. The van der Waals surface area contributed by atoms with E-state index in [-0.39, 0.29) is 68.3 Å². The first kappa shape index (κ1) is 39.7. The molecule has 20 valence electrons. The van der Waals surface area contributed by atoms with Crippen molar-refractivity contribution in [3.8, 4) is 0 Å². The summed E-state index contributed by atoms with van der Waals surface area (Å²) in [4.78, 5) is 0. The first-order valence-electron chi connectivity index (χ1n) is 0. The minimum atomic E-state index is 0. The standard InChI is InChI=1S/ClH.Na.H2O.Zn.H/h1H;;1H2;;/q;+1;;;-1. The maximum Gasteiger partial charge on any atom is 1.00 e. The Morgan fingerprint density at radius 3 is 1.25 bits per heavy atom. The zero-order chi connectivity index (χ0) is 0. The van der Waals surface area contributed by atoms with E-state index in [1.807, 2.05) is 0 Å². The maximum atomic E-state index is 0. The van der Waals surface area contributed by atoms with Crippen LogP contribution in [-0.2, 0) is 19.5 Å². The van der Waals surface area contributed by atoms with Gasteiger partial charge in [-0.2, -0.15) is 0 Å². The van der Waals surface area contributed by atoms with Gasteiger partial charge < -0.3 is 6.90 Å². The fourth-order valence-corrected chi connectivity index (χ4v) is 0. The second-order valence-corrected chi connectivity index (χ2v) is 0. The Balaban J connectivity index is 0. The number of rotatable bonds is 0. The average molecular weight is 144 g/mol. The maximum absolute atomic E-state index is 0. The summed E-state index contributed by atoms with van der Waals surface area (Å²) < 4.78 is 0. The van der Waals surface area contributed by atoms with E-state index in [2.05, 4.69) is 0 Å². The van der Waals surface area contributed by atoms with Gasteiger partial charge in [-0.05, 0) is 0 Å². The third kappa shape index (κ3) is 9.11. The molecule has 0 aromatic heterocycles. The quantitative estimate of drug-likeness (QED) is 0.319. The van der Waals surface area contributed by atoms with Crippen LogP contribution >= 0.6 is 12.4 Å².